The van der Waals surface area contributed by atoms with Crippen LogP contribution in [0.1, 0.15) is 22.4 Å². The van der Waals surface area contributed by atoms with Gasteiger partial charge in [0.25, 0.3) is 0 Å². The molecule has 3 aromatic rings. The van der Waals surface area contributed by atoms with E-state index in [1.165, 1.54) is 10.4 Å². The van der Waals surface area contributed by atoms with Gasteiger partial charge in [-0.25, -0.2) is 4.79 Å². The number of aryl methyl sites for hydroxylation is 2. The van der Waals surface area contributed by atoms with Crippen molar-refractivity contribution in [2.45, 2.75) is 25.8 Å². The molecule has 0 unspecified atom stereocenters. The number of thiophene rings is 1. The third-order valence-electron chi connectivity index (χ3n) is 4.14. The monoisotopic (exact) mass is 331 g/mol. The summed E-state index contributed by atoms with van der Waals surface area (Å²) in [5.41, 5.74) is 7.89. The minimum atomic E-state index is -0.315. The summed E-state index contributed by atoms with van der Waals surface area (Å²) in [5, 5.41) is 1.62. The van der Waals surface area contributed by atoms with E-state index >= 15 is 0 Å². The van der Waals surface area contributed by atoms with E-state index in [9.17, 15) is 4.79 Å². The number of fused-ring (bicyclic) bond motifs is 3. The molecule has 0 amide bonds. The van der Waals surface area contributed by atoms with E-state index in [-0.39, 0.29) is 5.69 Å². The fourth-order valence-corrected chi connectivity index (χ4v) is 4.67. The molecule has 1 aromatic carbocycles. The number of anilines is 1. The Hall–Kier alpha value is -1.85. The minimum Gasteiger partial charge on any atom is -0.383 e. The third-order valence-corrected chi connectivity index (χ3v) is 5.82. The zero-order valence-electron chi connectivity index (χ0n) is 11.8. The second-order valence-electron chi connectivity index (χ2n) is 5.49. The average molecular weight is 332 g/mol. The number of nitrogens with two attached hydrogens (primary N) is 1. The van der Waals surface area contributed by atoms with Crippen LogP contribution in [-0.2, 0) is 19.4 Å². The molecular weight excluding hydrogens is 318 g/mol. The summed E-state index contributed by atoms with van der Waals surface area (Å²) >= 11 is 7.89. The van der Waals surface area contributed by atoms with Gasteiger partial charge in [-0.05, 0) is 36.5 Å². The fourth-order valence-electron chi connectivity index (χ4n) is 3.09. The first kappa shape index (κ1) is 13.8. The van der Waals surface area contributed by atoms with Crippen LogP contribution in [0.15, 0.2) is 29.1 Å². The van der Waals surface area contributed by atoms with Gasteiger partial charge in [0.15, 0.2) is 0 Å². The van der Waals surface area contributed by atoms with E-state index in [1.54, 1.807) is 15.9 Å². The van der Waals surface area contributed by atoms with Gasteiger partial charge in [0, 0.05) is 9.90 Å². The molecule has 22 heavy (non-hydrogen) atoms. The minimum absolute atomic E-state index is 0.315. The summed E-state index contributed by atoms with van der Waals surface area (Å²) in [6.07, 6.45) is 3.24. The quantitative estimate of drug-likeness (QED) is 0.784. The van der Waals surface area contributed by atoms with Crippen molar-refractivity contribution in [3.63, 3.8) is 0 Å². The van der Waals surface area contributed by atoms with Crippen LogP contribution in [-0.4, -0.2) is 9.55 Å². The predicted octanol–water partition coefficient (Wildman–Crippen LogP) is 3.23. The number of rotatable bonds is 2. The van der Waals surface area contributed by atoms with Crippen LogP contribution in [0.25, 0.3) is 10.2 Å². The van der Waals surface area contributed by atoms with Gasteiger partial charge in [-0.1, -0.05) is 29.8 Å². The van der Waals surface area contributed by atoms with Crippen molar-refractivity contribution in [3.8, 4) is 0 Å². The van der Waals surface area contributed by atoms with Gasteiger partial charge in [-0.3, -0.25) is 4.57 Å². The van der Waals surface area contributed by atoms with E-state index in [2.05, 4.69) is 4.98 Å². The van der Waals surface area contributed by atoms with Crippen molar-refractivity contribution < 1.29 is 0 Å². The molecule has 0 saturated carbocycles. The summed E-state index contributed by atoms with van der Waals surface area (Å²) in [7, 11) is 0. The zero-order valence-corrected chi connectivity index (χ0v) is 13.4. The van der Waals surface area contributed by atoms with Gasteiger partial charge in [-0.15, -0.1) is 11.3 Å². The Kier molecular flexibility index (Phi) is 3.20. The molecule has 2 heterocycles. The molecule has 0 atom stereocenters. The van der Waals surface area contributed by atoms with Crippen molar-refractivity contribution in [1.29, 1.82) is 0 Å². The SMILES string of the molecule is Nc1nc(=O)n(Cc2ccccc2Cl)c2sc3c(c12)CCC3. The second-order valence-corrected chi connectivity index (χ2v) is 6.99. The molecule has 0 spiro atoms. The molecule has 112 valence electrons. The summed E-state index contributed by atoms with van der Waals surface area (Å²) in [6, 6.07) is 7.56. The lowest BCUT2D eigenvalue weighted by atomic mass is 10.2. The Balaban J connectivity index is 1.95. The van der Waals surface area contributed by atoms with Gasteiger partial charge in [0.2, 0.25) is 0 Å². The molecule has 2 aromatic heterocycles. The summed E-state index contributed by atoms with van der Waals surface area (Å²) in [6.45, 7) is 0.418. The maximum absolute atomic E-state index is 12.3. The molecule has 0 fully saturated rings. The molecule has 4 rings (SSSR count). The lowest BCUT2D eigenvalue weighted by Gasteiger charge is -2.10. The van der Waals surface area contributed by atoms with E-state index < -0.39 is 0 Å². The average Bonchev–Trinajstić information content (AvgIpc) is 3.05. The van der Waals surface area contributed by atoms with E-state index in [0.717, 1.165) is 35.0 Å². The number of aromatic nitrogens is 2. The van der Waals surface area contributed by atoms with Gasteiger partial charge >= 0.3 is 5.69 Å². The zero-order chi connectivity index (χ0) is 15.3. The van der Waals surface area contributed by atoms with E-state index in [0.29, 0.717) is 17.4 Å². The van der Waals surface area contributed by atoms with Crippen LogP contribution in [0.5, 0.6) is 0 Å². The first-order valence-electron chi connectivity index (χ1n) is 7.19. The standard InChI is InChI=1S/C16H14ClN3OS/c17-11-6-2-1-4-9(11)8-20-15-13(14(18)19-16(20)21)10-5-3-7-12(10)22-15/h1-2,4,6H,3,5,7-8H2,(H2,18,19,21). The lowest BCUT2D eigenvalue weighted by molar-refractivity contribution is 0.769. The topological polar surface area (TPSA) is 60.9 Å². The predicted molar refractivity (Wildman–Crippen MR) is 90.9 cm³/mol. The molecule has 1 aliphatic rings. The van der Waals surface area contributed by atoms with Crippen molar-refractivity contribution in [1.82, 2.24) is 9.55 Å². The summed E-state index contributed by atoms with van der Waals surface area (Å²) in [5.74, 6) is 0.356. The molecule has 0 aliphatic heterocycles. The van der Waals surface area contributed by atoms with Crippen LogP contribution >= 0.6 is 22.9 Å². The smallest absolute Gasteiger partial charge is 0.350 e. The van der Waals surface area contributed by atoms with Gasteiger partial charge in [0.1, 0.15) is 10.6 Å². The number of nitrogens with zero attached hydrogens (tertiary/aromatic N) is 2. The van der Waals surface area contributed by atoms with Crippen molar-refractivity contribution >= 4 is 39.0 Å². The number of benzene rings is 1. The third kappa shape index (κ3) is 2.04. The van der Waals surface area contributed by atoms with Crippen molar-refractivity contribution in [3.05, 3.63) is 55.8 Å². The van der Waals surface area contributed by atoms with Gasteiger partial charge in [0.05, 0.1) is 11.9 Å². The fraction of sp³-hybridized carbons (Fsp3) is 0.250. The number of halogens is 1. The molecule has 0 saturated heterocycles. The first-order chi connectivity index (χ1) is 10.6. The van der Waals surface area contributed by atoms with Gasteiger partial charge in [-0.2, -0.15) is 4.98 Å². The van der Waals surface area contributed by atoms with E-state index in [1.807, 2.05) is 24.3 Å². The molecule has 0 bridgehead atoms. The highest BCUT2D eigenvalue weighted by molar-refractivity contribution is 7.19. The highest BCUT2D eigenvalue weighted by Gasteiger charge is 2.22. The Morgan fingerprint density at radius 3 is 2.95 bits per heavy atom. The van der Waals surface area contributed by atoms with Gasteiger partial charge < -0.3 is 5.73 Å². The molecule has 6 heteroatoms. The van der Waals surface area contributed by atoms with Crippen LogP contribution in [0.3, 0.4) is 0 Å². The largest absolute Gasteiger partial charge is 0.383 e. The Morgan fingerprint density at radius 2 is 2.14 bits per heavy atom. The van der Waals surface area contributed by atoms with E-state index in [4.69, 9.17) is 17.3 Å². The molecule has 4 nitrogen and oxygen atoms in total. The number of hydrogen-bond donors (Lipinski definition) is 1. The first-order valence-corrected chi connectivity index (χ1v) is 8.38. The lowest BCUT2D eigenvalue weighted by Crippen LogP contribution is -2.24. The van der Waals surface area contributed by atoms with Crippen LogP contribution in [0.2, 0.25) is 5.02 Å². The van der Waals surface area contributed by atoms with Crippen molar-refractivity contribution in [2.75, 3.05) is 5.73 Å². The maximum atomic E-state index is 12.3. The highest BCUT2D eigenvalue weighted by atomic mass is 35.5. The Labute approximate surface area is 136 Å². The Morgan fingerprint density at radius 1 is 1.32 bits per heavy atom. The van der Waals surface area contributed by atoms with Crippen LogP contribution in [0.4, 0.5) is 5.82 Å². The molecule has 1 aliphatic carbocycles. The molecule has 0 radical (unpaired) electrons. The number of nitrogen functional groups attached to an aromatic ring is 1. The van der Waals surface area contributed by atoms with Crippen molar-refractivity contribution in [2.24, 2.45) is 0 Å². The maximum Gasteiger partial charge on any atom is 0.350 e. The second kappa shape index (κ2) is 5.11. The molecular formula is C16H14ClN3OS. The summed E-state index contributed by atoms with van der Waals surface area (Å²) < 4.78 is 1.69. The van der Waals surface area contributed by atoms with Crippen LogP contribution < -0.4 is 11.4 Å². The normalized spacial score (nSPS) is 13.7. The number of hydrogen-bond acceptors (Lipinski definition) is 4. The highest BCUT2D eigenvalue weighted by Crippen LogP contribution is 2.39. The van der Waals surface area contributed by atoms with Crippen LogP contribution in [0, 0.1) is 0 Å². The Bertz CT molecular complexity index is 944. The summed E-state index contributed by atoms with van der Waals surface area (Å²) in [4.78, 5) is 18.6. The molecule has 2 N–H and O–H groups in total.